The maximum absolute atomic E-state index is 12.9. The van der Waals surface area contributed by atoms with Gasteiger partial charge in [0.15, 0.2) is 0 Å². The molecule has 0 aromatic heterocycles. The molecule has 1 aromatic carbocycles. The van der Waals surface area contributed by atoms with Crippen molar-refractivity contribution in [3.05, 3.63) is 30.1 Å². The summed E-state index contributed by atoms with van der Waals surface area (Å²) in [5, 5.41) is 0. The van der Waals surface area contributed by atoms with Crippen molar-refractivity contribution in [3.63, 3.8) is 0 Å². The zero-order valence-corrected chi connectivity index (χ0v) is 11.6. The lowest BCUT2D eigenvalue weighted by atomic mass is 10.1. The van der Waals surface area contributed by atoms with E-state index in [0.29, 0.717) is 5.69 Å². The number of carbonyl (C=O) groups excluding carboxylic acids is 2. The van der Waals surface area contributed by atoms with Crippen molar-refractivity contribution in [1.82, 2.24) is 4.90 Å². The SMILES string of the molecule is CC(=O)N(CC(=O)N1CCCCC1)c1ccc(F)cc1. The standard InChI is InChI=1S/C15H19FN2O2/c1-12(19)18(14-7-5-13(16)6-8-14)11-15(20)17-9-3-2-4-10-17/h5-8H,2-4,9-11H2,1H3. The molecule has 0 unspecified atom stereocenters. The molecule has 0 bridgehead atoms. The van der Waals surface area contributed by atoms with Crippen molar-refractivity contribution in [2.24, 2.45) is 0 Å². The smallest absolute Gasteiger partial charge is 0.242 e. The maximum atomic E-state index is 12.9. The lowest BCUT2D eigenvalue weighted by Crippen LogP contribution is -2.44. The second-order valence-corrected chi connectivity index (χ2v) is 5.02. The van der Waals surface area contributed by atoms with Crippen molar-refractivity contribution < 1.29 is 14.0 Å². The number of halogens is 1. The Morgan fingerprint density at radius 2 is 1.75 bits per heavy atom. The number of nitrogens with zero attached hydrogens (tertiary/aromatic N) is 2. The summed E-state index contributed by atoms with van der Waals surface area (Å²) in [4.78, 5) is 27.1. The molecule has 1 aliphatic heterocycles. The molecule has 0 atom stereocenters. The summed E-state index contributed by atoms with van der Waals surface area (Å²) < 4.78 is 12.9. The lowest BCUT2D eigenvalue weighted by Gasteiger charge is -2.29. The highest BCUT2D eigenvalue weighted by Crippen LogP contribution is 2.16. The Hall–Kier alpha value is -1.91. The number of benzene rings is 1. The molecule has 0 saturated carbocycles. The number of amides is 2. The molecule has 1 fully saturated rings. The Kier molecular flexibility index (Phi) is 4.71. The Balaban J connectivity index is 2.07. The summed E-state index contributed by atoms with van der Waals surface area (Å²) in [7, 11) is 0. The van der Waals surface area contributed by atoms with E-state index in [1.807, 2.05) is 0 Å². The van der Waals surface area contributed by atoms with Gasteiger partial charge in [0.1, 0.15) is 12.4 Å². The summed E-state index contributed by atoms with van der Waals surface area (Å²) in [5.74, 6) is -0.634. The molecule has 5 heteroatoms. The van der Waals surface area contributed by atoms with Crippen molar-refractivity contribution in [2.75, 3.05) is 24.5 Å². The molecule has 0 N–H and O–H groups in total. The van der Waals surface area contributed by atoms with Crippen LogP contribution in [0.15, 0.2) is 24.3 Å². The predicted octanol–water partition coefficient (Wildman–Crippen LogP) is 2.19. The number of carbonyl (C=O) groups is 2. The van der Waals surface area contributed by atoms with Gasteiger partial charge in [-0.2, -0.15) is 0 Å². The zero-order chi connectivity index (χ0) is 14.5. The highest BCUT2D eigenvalue weighted by Gasteiger charge is 2.21. The van der Waals surface area contributed by atoms with Gasteiger partial charge < -0.3 is 9.80 Å². The van der Waals surface area contributed by atoms with Gasteiger partial charge in [0, 0.05) is 25.7 Å². The molecule has 0 spiro atoms. The van der Waals surface area contributed by atoms with E-state index in [2.05, 4.69) is 0 Å². The minimum absolute atomic E-state index is 0.0148. The van der Waals surface area contributed by atoms with E-state index in [1.165, 1.54) is 36.1 Å². The summed E-state index contributed by atoms with van der Waals surface area (Å²) in [6.07, 6.45) is 3.18. The minimum Gasteiger partial charge on any atom is -0.341 e. The Morgan fingerprint density at radius 3 is 2.30 bits per heavy atom. The fraction of sp³-hybridized carbons (Fsp3) is 0.467. The van der Waals surface area contributed by atoms with E-state index in [9.17, 15) is 14.0 Å². The fourth-order valence-corrected chi connectivity index (χ4v) is 2.38. The number of rotatable bonds is 3. The molecular weight excluding hydrogens is 259 g/mol. The Bertz CT molecular complexity index is 481. The molecule has 2 rings (SSSR count). The first-order chi connectivity index (χ1) is 9.58. The number of piperidine rings is 1. The Morgan fingerprint density at radius 1 is 1.15 bits per heavy atom. The summed E-state index contributed by atoms with van der Waals surface area (Å²) in [6, 6.07) is 5.60. The number of hydrogen-bond donors (Lipinski definition) is 0. The number of hydrogen-bond acceptors (Lipinski definition) is 2. The van der Waals surface area contributed by atoms with Crippen LogP contribution in [0.3, 0.4) is 0 Å². The van der Waals surface area contributed by atoms with Crippen molar-refractivity contribution in [3.8, 4) is 0 Å². The summed E-state index contributed by atoms with van der Waals surface area (Å²) in [5.41, 5.74) is 0.546. The van der Waals surface area contributed by atoms with E-state index >= 15 is 0 Å². The van der Waals surface area contributed by atoms with Crippen LogP contribution in [-0.2, 0) is 9.59 Å². The van der Waals surface area contributed by atoms with E-state index in [0.717, 1.165) is 32.4 Å². The number of anilines is 1. The first-order valence-electron chi connectivity index (χ1n) is 6.89. The van der Waals surface area contributed by atoms with Gasteiger partial charge in [-0.15, -0.1) is 0 Å². The topological polar surface area (TPSA) is 40.6 Å². The molecule has 1 aliphatic rings. The molecule has 108 valence electrons. The van der Waals surface area contributed by atoms with Crippen LogP contribution in [-0.4, -0.2) is 36.3 Å². The summed E-state index contributed by atoms with van der Waals surface area (Å²) >= 11 is 0. The van der Waals surface area contributed by atoms with Crippen molar-refractivity contribution in [2.45, 2.75) is 26.2 Å². The van der Waals surface area contributed by atoms with Gasteiger partial charge in [0.05, 0.1) is 0 Å². The second-order valence-electron chi connectivity index (χ2n) is 5.02. The van der Waals surface area contributed by atoms with Crippen molar-refractivity contribution >= 4 is 17.5 Å². The molecule has 0 aliphatic carbocycles. The van der Waals surface area contributed by atoms with Gasteiger partial charge in [0.25, 0.3) is 0 Å². The molecular formula is C15H19FN2O2. The molecule has 20 heavy (non-hydrogen) atoms. The van der Waals surface area contributed by atoms with Gasteiger partial charge in [-0.1, -0.05) is 0 Å². The monoisotopic (exact) mass is 278 g/mol. The molecule has 1 heterocycles. The van der Waals surface area contributed by atoms with Crippen LogP contribution in [0.25, 0.3) is 0 Å². The van der Waals surface area contributed by atoms with Gasteiger partial charge in [-0.25, -0.2) is 4.39 Å². The predicted molar refractivity (Wildman–Crippen MR) is 74.9 cm³/mol. The minimum atomic E-state index is -0.361. The average molecular weight is 278 g/mol. The van der Waals surface area contributed by atoms with Gasteiger partial charge in [-0.3, -0.25) is 9.59 Å². The van der Waals surface area contributed by atoms with Crippen LogP contribution < -0.4 is 4.90 Å². The van der Waals surface area contributed by atoms with Crippen LogP contribution in [0, 0.1) is 5.82 Å². The normalized spacial score (nSPS) is 15.0. The van der Waals surface area contributed by atoms with Crippen LogP contribution in [0.2, 0.25) is 0 Å². The highest BCUT2D eigenvalue weighted by molar-refractivity contribution is 5.97. The van der Waals surface area contributed by atoms with Crippen LogP contribution in [0.5, 0.6) is 0 Å². The van der Waals surface area contributed by atoms with E-state index < -0.39 is 0 Å². The third-order valence-corrected chi connectivity index (χ3v) is 3.52. The summed E-state index contributed by atoms with van der Waals surface area (Å²) in [6.45, 7) is 2.94. The first kappa shape index (κ1) is 14.5. The molecule has 1 saturated heterocycles. The molecule has 4 nitrogen and oxygen atoms in total. The van der Waals surface area contributed by atoms with Gasteiger partial charge >= 0.3 is 0 Å². The zero-order valence-electron chi connectivity index (χ0n) is 11.6. The van der Waals surface area contributed by atoms with Crippen LogP contribution in [0.1, 0.15) is 26.2 Å². The third kappa shape index (κ3) is 3.56. The largest absolute Gasteiger partial charge is 0.341 e. The second kappa shape index (κ2) is 6.50. The van der Waals surface area contributed by atoms with Crippen molar-refractivity contribution in [1.29, 1.82) is 0 Å². The Labute approximate surface area is 118 Å². The quantitative estimate of drug-likeness (QED) is 0.850. The molecule has 1 aromatic rings. The molecule has 2 amide bonds. The van der Waals surface area contributed by atoms with E-state index in [1.54, 1.807) is 4.90 Å². The first-order valence-corrected chi connectivity index (χ1v) is 6.89. The highest BCUT2D eigenvalue weighted by atomic mass is 19.1. The van der Waals surface area contributed by atoms with E-state index in [-0.39, 0.29) is 24.2 Å². The van der Waals surface area contributed by atoms with Gasteiger partial charge in [0.2, 0.25) is 11.8 Å². The van der Waals surface area contributed by atoms with Crippen LogP contribution >= 0.6 is 0 Å². The third-order valence-electron chi connectivity index (χ3n) is 3.52. The maximum Gasteiger partial charge on any atom is 0.242 e. The lowest BCUT2D eigenvalue weighted by molar-refractivity contribution is -0.132. The molecule has 0 radical (unpaired) electrons. The number of likely N-dealkylation sites (tertiary alicyclic amines) is 1. The van der Waals surface area contributed by atoms with Crippen LogP contribution in [0.4, 0.5) is 10.1 Å². The average Bonchev–Trinajstić information content (AvgIpc) is 2.46. The van der Waals surface area contributed by atoms with E-state index in [4.69, 9.17) is 0 Å². The fourth-order valence-electron chi connectivity index (χ4n) is 2.38. The van der Waals surface area contributed by atoms with Gasteiger partial charge in [-0.05, 0) is 43.5 Å².